The molecule has 0 bridgehead atoms. The van der Waals surface area contributed by atoms with Crippen LogP contribution in [0.15, 0.2) is 77.7 Å². The number of carbonyl (C=O) groups excluding carboxylic acids is 1. The number of carboxylic acids is 1. The van der Waals surface area contributed by atoms with E-state index in [1.54, 1.807) is 36.4 Å². The third kappa shape index (κ3) is 5.05. The second-order valence-electron chi connectivity index (χ2n) is 8.06. The van der Waals surface area contributed by atoms with Gasteiger partial charge in [0.25, 0.3) is 0 Å². The molecule has 1 fully saturated rings. The Bertz CT molecular complexity index is 1280. The summed E-state index contributed by atoms with van der Waals surface area (Å²) in [5.41, 5.74) is 0.761. The summed E-state index contributed by atoms with van der Waals surface area (Å²) in [4.78, 5) is 26.2. The molecule has 0 radical (unpaired) electrons. The zero-order valence-corrected chi connectivity index (χ0v) is 19.5. The lowest BCUT2D eigenvalue weighted by Gasteiger charge is -2.29. The Labute approximate surface area is 198 Å². The maximum atomic E-state index is 13.5. The van der Waals surface area contributed by atoms with Crippen molar-refractivity contribution in [3.05, 3.63) is 78.4 Å². The van der Waals surface area contributed by atoms with Crippen molar-refractivity contribution >= 4 is 45.3 Å². The number of rotatable bonds is 7. The van der Waals surface area contributed by atoms with E-state index in [0.29, 0.717) is 0 Å². The Morgan fingerprint density at radius 3 is 2.36 bits per heavy atom. The number of carboxylic acid groups (broad SMARTS) is 1. The van der Waals surface area contributed by atoms with Crippen LogP contribution in [0.2, 0.25) is 0 Å². The topological polar surface area (TPSA) is 95.0 Å². The first-order valence-electron chi connectivity index (χ1n) is 10.5. The average molecular weight is 485 g/mol. The van der Waals surface area contributed by atoms with Crippen molar-refractivity contribution in [1.82, 2.24) is 9.21 Å². The van der Waals surface area contributed by atoms with Gasteiger partial charge in [0.15, 0.2) is 0 Å². The van der Waals surface area contributed by atoms with Crippen LogP contribution in [0.5, 0.6) is 0 Å². The highest BCUT2D eigenvalue weighted by molar-refractivity contribution is 7.89. The standard InChI is InChI=1S/C24H24N2O5S2/c27-23(28)16-25(14-17-6-2-1-3-7-17)24(29)22-13-20(32)15-26(22)33(30,31)21-11-10-18-8-4-5-9-19(18)12-21/h1-12,20,22,32H,13-16H2,(H,27,28)/t20-,22+/m1/s1. The van der Waals surface area contributed by atoms with E-state index in [2.05, 4.69) is 12.6 Å². The SMILES string of the molecule is O=C(O)CN(Cc1ccccc1)C(=O)[C@@H]1C[C@@H](S)CN1S(=O)(=O)c1ccc2ccccc2c1. The zero-order chi connectivity index (χ0) is 23.6. The van der Waals surface area contributed by atoms with Gasteiger partial charge in [0.1, 0.15) is 12.6 Å². The molecule has 172 valence electrons. The summed E-state index contributed by atoms with van der Waals surface area (Å²) in [5.74, 6) is -1.70. The van der Waals surface area contributed by atoms with Crippen LogP contribution in [-0.2, 0) is 26.2 Å². The van der Waals surface area contributed by atoms with Crippen LogP contribution in [0.4, 0.5) is 0 Å². The van der Waals surface area contributed by atoms with E-state index in [1.807, 2.05) is 30.3 Å². The number of sulfonamides is 1. The fourth-order valence-corrected chi connectivity index (χ4v) is 6.29. The van der Waals surface area contributed by atoms with Crippen LogP contribution < -0.4 is 0 Å². The number of thiol groups is 1. The zero-order valence-electron chi connectivity index (χ0n) is 17.7. The van der Waals surface area contributed by atoms with Gasteiger partial charge in [-0.15, -0.1) is 0 Å². The third-order valence-corrected chi connectivity index (χ3v) is 7.95. The first-order chi connectivity index (χ1) is 15.8. The van der Waals surface area contributed by atoms with Gasteiger partial charge in [0.2, 0.25) is 15.9 Å². The predicted molar refractivity (Wildman–Crippen MR) is 129 cm³/mol. The first kappa shape index (κ1) is 23.3. The number of amides is 1. The Kier molecular flexibility index (Phi) is 6.73. The molecule has 0 spiro atoms. The van der Waals surface area contributed by atoms with E-state index < -0.39 is 34.5 Å². The summed E-state index contributed by atoms with van der Waals surface area (Å²) in [6.45, 7) is -0.379. The molecule has 1 N–H and O–H groups in total. The summed E-state index contributed by atoms with van der Waals surface area (Å²) in [5, 5.41) is 10.7. The summed E-state index contributed by atoms with van der Waals surface area (Å²) >= 11 is 4.45. The molecule has 0 unspecified atom stereocenters. The highest BCUT2D eigenvalue weighted by Gasteiger charge is 2.44. The molecular formula is C24H24N2O5S2. The summed E-state index contributed by atoms with van der Waals surface area (Å²) < 4.78 is 28.3. The fraction of sp³-hybridized carbons (Fsp3) is 0.250. The predicted octanol–water partition coefficient (Wildman–Crippen LogP) is 3.01. The summed E-state index contributed by atoms with van der Waals surface area (Å²) in [7, 11) is -4.00. The maximum Gasteiger partial charge on any atom is 0.323 e. The Hall–Kier alpha value is -2.88. The van der Waals surface area contributed by atoms with Crippen LogP contribution in [-0.4, -0.2) is 59.0 Å². The van der Waals surface area contributed by atoms with Gasteiger partial charge in [-0.25, -0.2) is 8.42 Å². The molecule has 4 rings (SSSR count). The molecule has 2 atom stereocenters. The van der Waals surface area contributed by atoms with E-state index in [-0.39, 0.29) is 29.7 Å². The number of hydrogen-bond donors (Lipinski definition) is 2. The Morgan fingerprint density at radius 2 is 1.67 bits per heavy atom. The van der Waals surface area contributed by atoms with Gasteiger partial charge in [0, 0.05) is 18.3 Å². The molecule has 0 aromatic heterocycles. The minimum absolute atomic E-state index is 0.0704. The van der Waals surface area contributed by atoms with Crippen molar-refractivity contribution in [2.45, 2.75) is 29.2 Å². The highest BCUT2D eigenvalue weighted by atomic mass is 32.2. The van der Waals surface area contributed by atoms with Gasteiger partial charge in [-0.2, -0.15) is 16.9 Å². The molecule has 1 heterocycles. The number of benzene rings is 3. The minimum Gasteiger partial charge on any atom is -0.480 e. The molecule has 1 aliphatic rings. The van der Waals surface area contributed by atoms with Crippen molar-refractivity contribution in [1.29, 1.82) is 0 Å². The van der Waals surface area contributed by atoms with Crippen molar-refractivity contribution in [3.8, 4) is 0 Å². The van der Waals surface area contributed by atoms with Crippen LogP contribution >= 0.6 is 12.6 Å². The van der Waals surface area contributed by atoms with E-state index in [4.69, 9.17) is 0 Å². The number of fused-ring (bicyclic) bond motifs is 1. The lowest BCUT2D eigenvalue weighted by molar-refractivity contribution is -0.146. The van der Waals surface area contributed by atoms with E-state index in [0.717, 1.165) is 20.6 Å². The van der Waals surface area contributed by atoms with Gasteiger partial charge < -0.3 is 10.0 Å². The molecule has 1 amide bonds. The van der Waals surface area contributed by atoms with Crippen LogP contribution in [0.25, 0.3) is 10.8 Å². The second kappa shape index (κ2) is 9.54. The largest absolute Gasteiger partial charge is 0.480 e. The van der Waals surface area contributed by atoms with Gasteiger partial charge in [0.05, 0.1) is 4.90 Å². The van der Waals surface area contributed by atoms with Gasteiger partial charge in [-0.1, -0.05) is 60.7 Å². The lowest BCUT2D eigenvalue weighted by atomic mass is 10.1. The highest BCUT2D eigenvalue weighted by Crippen LogP contribution is 2.31. The summed E-state index contributed by atoms with van der Waals surface area (Å²) in [6, 6.07) is 20.3. The van der Waals surface area contributed by atoms with E-state index >= 15 is 0 Å². The molecule has 3 aromatic rings. The van der Waals surface area contributed by atoms with E-state index in [1.165, 1.54) is 11.0 Å². The monoisotopic (exact) mass is 484 g/mol. The first-order valence-corrected chi connectivity index (χ1v) is 12.4. The van der Waals surface area contributed by atoms with E-state index in [9.17, 15) is 23.1 Å². The number of carbonyl (C=O) groups is 2. The van der Waals surface area contributed by atoms with Crippen LogP contribution in [0.3, 0.4) is 0 Å². The van der Waals surface area contributed by atoms with Gasteiger partial charge >= 0.3 is 5.97 Å². The molecule has 1 saturated heterocycles. The molecule has 9 heteroatoms. The molecule has 1 aliphatic heterocycles. The van der Waals surface area contributed by atoms with Crippen molar-refractivity contribution < 1.29 is 23.1 Å². The van der Waals surface area contributed by atoms with Crippen LogP contribution in [0.1, 0.15) is 12.0 Å². The third-order valence-electron chi connectivity index (χ3n) is 5.70. The smallest absolute Gasteiger partial charge is 0.323 e. The van der Waals surface area contributed by atoms with Crippen LogP contribution in [0, 0.1) is 0 Å². The molecule has 33 heavy (non-hydrogen) atoms. The molecule has 7 nitrogen and oxygen atoms in total. The maximum absolute atomic E-state index is 13.5. The minimum atomic E-state index is -4.00. The van der Waals surface area contributed by atoms with Crippen molar-refractivity contribution in [2.24, 2.45) is 0 Å². The molecular weight excluding hydrogens is 460 g/mol. The number of hydrogen-bond acceptors (Lipinski definition) is 5. The van der Waals surface area contributed by atoms with Gasteiger partial charge in [-0.05, 0) is 34.9 Å². The molecule has 3 aromatic carbocycles. The van der Waals surface area contributed by atoms with Crippen molar-refractivity contribution in [3.63, 3.8) is 0 Å². The second-order valence-corrected chi connectivity index (χ2v) is 10.7. The number of aliphatic carboxylic acids is 1. The van der Waals surface area contributed by atoms with Gasteiger partial charge in [-0.3, -0.25) is 9.59 Å². The quantitative estimate of drug-likeness (QED) is 0.503. The fourth-order valence-electron chi connectivity index (χ4n) is 4.13. The summed E-state index contributed by atoms with van der Waals surface area (Å²) in [6.07, 6.45) is 0.208. The normalized spacial score (nSPS) is 18.9. The Morgan fingerprint density at radius 1 is 1.00 bits per heavy atom. The molecule has 0 aliphatic carbocycles. The lowest BCUT2D eigenvalue weighted by Crippen LogP contribution is -2.48. The average Bonchev–Trinajstić information content (AvgIpc) is 3.20. The van der Waals surface area contributed by atoms with Crippen molar-refractivity contribution in [2.75, 3.05) is 13.1 Å². The molecule has 0 saturated carbocycles. The Balaban J connectivity index is 1.66. The number of nitrogens with zero attached hydrogens (tertiary/aromatic N) is 2.